The molecule has 1 fully saturated rings. The standard InChI is InChI=1S/C19H14F3N3O5S2/c20-19(21,22)14-8-12(24-30-14)13-5-6-15(31-13)32(28,29)25-18(17(26)23-27)11-7-9-3-1-2-4-10(9)16(11)18/h1-6,8,11,16,25,27H,7H2,(H,23,26)/t11-,16+,18?/m0/s1. The highest BCUT2D eigenvalue weighted by Crippen LogP contribution is 2.64. The van der Waals surface area contributed by atoms with Gasteiger partial charge in [0, 0.05) is 17.9 Å². The fraction of sp³-hybridized carbons (Fsp3) is 0.263. The summed E-state index contributed by atoms with van der Waals surface area (Å²) in [5.74, 6) is -2.98. The third kappa shape index (κ3) is 3.07. The first-order valence-corrected chi connectivity index (χ1v) is 11.6. The van der Waals surface area contributed by atoms with Crippen molar-refractivity contribution >= 4 is 27.3 Å². The molecule has 0 saturated heterocycles. The van der Waals surface area contributed by atoms with E-state index in [-0.39, 0.29) is 20.7 Å². The number of hydrogen-bond acceptors (Lipinski definition) is 7. The van der Waals surface area contributed by atoms with Gasteiger partial charge in [-0.3, -0.25) is 10.0 Å². The molecule has 3 N–H and O–H groups in total. The Morgan fingerprint density at radius 2 is 2.00 bits per heavy atom. The molecule has 168 valence electrons. The van der Waals surface area contributed by atoms with Gasteiger partial charge < -0.3 is 4.52 Å². The number of thiophene rings is 1. The molecule has 5 rings (SSSR count). The van der Waals surface area contributed by atoms with Gasteiger partial charge in [-0.05, 0) is 29.7 Å². The number of sulfonamides is 1. The van der Waals surface area contributed by atoms with Crippen LogP contribution in [-0.2, 0) is 27.4 Å². The fourth-order valence-corrected chi connectivity index (χ4v) is 7.13. The quantitative estimate of drug-likeness (QED) is 0.378. The molecule has 32 heavy (non-hydrogen) atoms. The number of benzene rings is 1. The second-order valence-corrected chi connectivity index (χ2v) is 10.6. The molecule has 0 aliphatic heterocycles. The van der Waals surface area contributed by atoms with Gasteiger partial charge in [-0.1, -0.05) is 29.4 Å². The van der Waals surface area contributed by atoms with Gasteiger partial charge in [-0.25, -0.2) is 13.9 Å². The number of halogens is 3. The molecule has 2 aliphatic rings. The van der Waals surface area contributed by atoms with Crippen LogP contribution >= 0.6 is 11.3 Å². The van der Waals surface area contributed by atoms with Gasteiger partial charge >= 0.3 is 6.18 Å². The first-order chi connectivity index (χ1) is 15.1. The van der Waals surface area contributed by atoms with Crippen molar-refractivity contribution in [3.8, 4) is 10.6 Å². The average Bonchev–Trinajstić information content (AvgIpc) is 3.28. The zero-order valence-corrected chi connectivity index (χ0v) is 17.5. The molecule has 2 aliphatic carbocycles. The minimum atomic E-state index is -4.72. The molecule has 1 unspecified atom stereocenters. The number of hydroxylamine groups is 1. The van der Waals surface area contributed by atoms with Crippen molar-refractivity contribution in [3.05, 3.63) is 59.4 Å². The average molecular weight is 485 g/mol. The van der Waals surface area contributed by atoms with Gasteiger partial charge in [0.15, 0.2) is 0 Å². The van der Waals surface area contributed by atoms with Crippen molar-refractivity contribution in [2.45, 2.75) is 28.3 Å². The highest BCUT2D eigenvalue weighted by Gasteiger charge is 2.74. The molecule has 0 bridgehead atoms. The predicted octanol–water partition coefficient (Wildman–Crippen LogP) is 2.91. The van der Waals surface area contributed by atoms with Crippen molar-refractivity contribution in [1.82, 2.24) is 15.4 Å². The minimum absolute atomic E-state index is 0.145. The van der Waals surface area contributed by atoms with E-state index >= 15 is 0 Å². The van der Waals surface area contributed by atoms with Crippen LogP contribution in [0.15, 0.2) is 51.2 Å². The summed E-state index contributed by atoms with van der Waals surface area (Å²) in [5, 5.41) is 12.6. The van der Waals surface area contributed by atoms with Gasteiger partial charge in [0.05, 0.1) is 4.88 Å². The van der Waals surface area contributed by atoms with Crippen molar-refractivity contribution in [3.63, 3.8) is 0 Å². The second kappa shape index (κ2) is 6.88. The van der Waals surface area contributed by atoms with E-state index in [1.54, 1.807) is 11.5 Å². The number of amides is 1. The van der Waals surface area contributed by atoms with Crippen LogP contribution in [0.1, 0.15) is 22.8 Å². The maximum atomic E-state index is 13.1. The SMILES string of the molecule is O=C(NO)C1(NS(=O)(=O)c2ccc(-c3cc(C(F)(F)F)on3)s2)[C@@H]2c3ccccc3C[C@@H]21. The molecule has 3 atom stereocenters. The van der Waals surface area contributed by atoms with Gasteiger partial charge in [-0.2, -0.15) is 17.9 Å². The van der Waals surface area contributed by atoms with E-state index < -0.39 is 39.3 Å². The smallest absolute Gasteiger partial charge is 0.351 e. The summed E-state index contributed by atoms with van der Waals surface area (Å²) < 4.78 is 70.9. The van der Waals surface area contributed by atoms with Crippen molar-refractivity contribution < 1.29 is 36.1 Å². The monoisotopic (exact) mass is 485 g/mol. The van der Waals surface area contributed by atoms with E-state index in [0.717, 1.165) is 11.1 Å². The molecule has 8 nitrogen and oxygen atoms in total. The van der Waals surface area contributed by atoms with E-state index in [2.05, 4.69) is 14.4 Å². The lowest BCUT2D eigenvalue weighted by Gasteiger charge is -2.21. The number of carbonyl (C=O) groups is 1. The molecule has 2 heterocycles. The summed E-state index contributed by atoms with van der Waals surface area (Å²) >= 11 is 0.684. The second-order valence-electron chi connectivity index (χ2n) is 7.60. The van der Waals surface area contributed by atoms with Crippen LogP contribution in [0.4, 0.5) is 13.2 Å². The summed E-state index contributed by atoms with van der Waals surface area (Å²) in [7, 11) is -4.25. The van der Waals surface area contributed by atoms with Crippen molar-refractivity contribution in [2.75, 3.05) is 0 Å². The van der Waals surface area contributed by atoms with Crippen molar-refractivity contribution in [1.29, 1.82) is 0 Å². The number of fused-ring (bicyclic) bond motifs is 3. The summed E-state index contributed by atoms with van der Waals surface area (Å²) in [6.45, 7) is 0. The first-order valence-electron chi connectivity index (χ1n) is 9.28. The van der Waals surface area contributed by atoms with Crippen molar-refractivity contribution in [2.24, 2.45) is 5.92 Å². The number of nitrogens with zero attached hydrogens (tertiary/aromatic N) is 1. The lowest BCUT2D eigenvalue weighted by atomic mass is 9.98. The molecule has 1 amide bonds. The molecule has 2 aromatic heterocycles. The largest absolute Gasteiger partial charge is 0.452 e. The van der Waals surface area contributed by atoms with Crippen LogP contribution in [0.5, 0.6) is 0 Å². The van der Waals surface area contributed by atoms with E-state index in [9.17, 15) is 31.6 Å². The van der Waals surface area contributed by atoms with E-state index in [4.69, 9.17) is 0 Å². The lowest BCUT2D eigenvalue weighted by Crippen LogP contribution is -2.51. The van der Waals surface area contributed by atoms with E-state index in [1.165, 1.54) is 12.1 Å². The highest BCUT2D eigenvalue weighted by atomic mass is 32.2. The number of alkyl halides is 3. The normalized spacial score (nSPS) is 24.1. The summed E-state index contributed by atoms with van der Waals surface area (Å²) in [6, 6.07) is 10.5. The summed E-state index contributed by atoms with van der Waals surface area (Å²) in [5.41, 5.74) is 1.68. The third-order valence-electron chi connectivity index (χ3n) is 5.87. The van der Waals surface area contributed by atoms with Gasteiger partial charge in [-0.15, -0.1) is 11.3 Å². The Kier molecular flexibility index (Phi) is 4.54. The minimum Gasteiger partial charge on any atom is -0.351 e. The molecule has 1 saturated carbocycles. The number of hydrogen-bond donors (Lipinski definition) is 3. The van der Waals surface area contributed by atoms with Crippen LogP contribution in [-0.4, -0.2) is 30.2 Å². The lowest BCUT2D eigenvalue weighted by molar-refractivity contribution is -0.155. The van der Waals surface area contributed by atoms with Gasteiger partial charge in [0.1, 0.15) is 15.4 Å². The Hall–Kier alpha value is -2.74. The predicted molar refractivity (Wildman–Crippen MR) is 104 cm³/mol. The Bertz CT molecular complexity index is 1330. The summed E-state index contributed by atoms with van der Waals surface area (Å²) in [4.78, 5) is 12.7. The number of aromatic nitrogens is 1. The Labute approximate surface area is 183 Å². The van der Waals surface area contributed by atoms with E-state index in [1.807, 2.05) is 18.2 Å². The Morgan fingerprint density at radius 3 is 2.69 bits per heavy atom. The molecule has 0 spiro atoms. The maximum Gasteiger partial charge on any atom is 0.452 e. The van der Waals surface area contributed by atoms with E-state index in [0.29, 0.717) is 23.8 Å². The first kappa shape index (κ1) is 21.1. The number of rotatable bonds is 5. The molecule has 3 aromatic rings. The Balaban J connectivity index is 1.45. The van der Waals surface area contributed by atoms with Crippen LogP contribution in [0.25, 0.3) is 10.6 Å². The number of nitrogens with one attached hydrogen (secondary N) is 2. The zero-order chi connectivity index (χ0) is 22.9. The number of carbonyl (C=O) groups excluding carboxylic acids is 1. The van der Waals surface area contributed by atoms with Crippen LogP contribution in [0, 0.1) is 5.92 Å². The summed E-state index contributed by atoms with van der Waals surface area (Å²) in [6.07, 6.45) is -4.26. The molecule has 13 heteroatoms. The highest BCUT2D eigenvalue weighted by molar-refractivity contribution is 7.91. The maximum absolute atomic E-state index is 13.1. The Morgan fingerprint density at radius 1 is 1.25 bits per heavy atom. The van der Waals surface area contributed by atoms with Crippen LogP contribution in [0.2, 0.25) is 0 Å². The molecule has 0 radical (unpaired) electrons. The third-order valence-corrected chi connectivity index (χ3v) is 8.95. The van der Waals surface area contributed by atoms with Crippen LogP contribution < -0.4 is 10.2 Å². The fourth-order valence-electron chi connectivity index (χ4n) is 4.45. The molecule has 1 aromatic carbocycles. The molecular formula is C19H14F3N3O5S2. The zero-order valence-electron chi connectivity index (χ0n) is 15.9. The van der Waals surface area contributed by atoms with Crippen LogP contribution in [0.3, 0.4) is 0 Å². The molecular weight excluding hydrogens is 471 g/mol. The van der Waals surface area contributed by atoms with Gasteiger partial charge in [0.2, 0.25) is 5.76 Å². The topological polar surface area (TPSA) is 122 Å². The van der Waals surface area contributed by atoms with Gasteiger partial charge in [0.25, 0.3) is 15.9 Å².